The number of amides is 1. The molecule has 1 amide bonds. The maximum atomic E-state index is 13.0. The number of hydrogen-bond donors (Lipinski definition) is 1. The second-order valence-electron chi connectivity index (χ2n) is 6.55. The molecule has 0 radical (unpaired) electrons. The van der Waals surface area contributed by atoms with Crippen molar-refractivity contribution in [3.05, 3.63) is 65.9 Å². The molecule has 0 spiro atoms. The summed E-state index contributed by atoms with van der Waals surface area (Å²) in [6.07, 6.45) is 4.47. The number of carbonyl (C=O) groups excluding carboxylic acids is 1. The Morgan fingerprint density at radius 3 is 2.80 bits per heavy atom. The summed E-state index contributed by atoms with van der Waals surface area (Å²) in [6, 6.07) is 16.4. The Balaban J connectivity index is 1.54. The first-order chi connectivity index (χ1) is 12.3. The fraction of sp³-hybridized carbons (Fsp3) is 0.286. The van der Waals surface area contributed by atoms with Crippen LogP contribution < -0.4 is 4.74 Å². The van der Waals surface area contributed by atoms with Crippen LogP contribution in [0.3, 0.4) is 0 Å². The average Bonchev–Trinajstić information content (AvgIpc) is 3.29. The van der Waals surface area contributed by atoms with E-state index in [9.17, 15) is 4.79 Å². The maximum Gasteiger partial charge on any atom is 0.227 e. The van der Waals surface area contributed by atoms with Crippen LogP contribution in [0.15, 0.2) is 54.7 Å². The molecule has 1 aromatic heterocycles. The van der Waals surface area contributed by atoms with Gasteiger partial charge in [0.05, 0.1) is 19.6 Å². The van der Waals surface area contributed by atoms with Crippen LogP contribution in [0, 0.1) is 0 Å². The first-order valence-electron chi connectivity index (χ1n) is 8.74. The molecule has 2 aromatic carbocycles. The Morgan fingerprint density at radius 1 is 1.20 bits per heavy atom. The molecule has 4 rings (SSSR count). The Kier molecular flexibility index (Phi) is 4.18. The Bertz CT molecular complexity index is 882. The normalized spacial score (nSPS) is 17.2. The number of H-pyrrole nitrogens is 1. The zero-order chi connectivity index (χ0) is 17.2. The molecule has 25 heavy (non-hydrogen) atoms. The molecule has 4 nitrogen and oxygen atoms in total. The molecule has 2 heterocycles. The summed E-state index contributed by atoms with van der Waals surface area (Å²) in [5.41, 5.74) is 3.34. The van der Waals surface area contributed by atoms with Crippen molar-refractivity contribution in [2.45, 2.75) is 25.3 Å². The number of likely N-dealkylation sites (tertiary alicyclic amines) is 1. The monoisotopic (exact) mass is 334 g/mol. The maximum absolute atomic E-state index is 13.0. The van der Waals surface area contributed by atoms with Gasteiger partial charge in [-0.15, -0.1) is 0 Å². The third kappa shape index (κ3) is 3.00. The quantitative estimate of drug-likeness (QED) is 0.781. The highest BCUT2D eigenvalue weighted by Crippen LogP contribution is 2.33. The van der Waals surface area contributed by atoms with Gasteiger partial charge in [0.25, 0.3) is 0 Å². The molecule has 1 fully saturated rings. The number of benzene rings is 2. The highest BCUT2D eigenvalue weighted by molar-refractivity contribution is 5.89. The van der Waals surface area contributed by atoms with Crippen LogP contribution in [0.1, 0.15) is 30.0 Å². The van der Waals surface area contributed by atoms with Crippen LogP contribution in [0.4, 0.5) is 0 Å². The van der Waals surface area contributed by atoms with Crippen molar-refractivity contribution in [3.8, 4) is 5.75 Å². The molecule has 1 atom stereocenters. The zero-order valence-corrected chi connectivity index (χ0v) is 14.4. The predicted octanol–water partition coefficient (Wildman–Crippen LogP) is 4.08. The fourth-order valence-electron chi connectivity index (χ4n) is 3.78. The Morgan fingerprint density at radius 2 is 2.00 bits per heavy atom. The zero-order valence-electron chi connectivity index (χ0n) is 14.4. The van der Waals surface area contributed by atoms with E-state index in [4.69, 9.17) is 4.74 Å². The van der Waals surface area contributed by atoms with Crippen LogP contribution in [0.5, 0.6) is 5.75 Å². The van der Waals surface area contributed by atoms with Crippen molar-refractivity contribution in [2.75, 3.05) is 13.7 Å². The van der Waals surface area contributed by atoms with Crippen molar-refractivity contribution in [1.82, 2.24) is 9.88 Å². The van der Waals surface area contributed by atoms with Crippen LogP contribution in [-0.4, -0.2) is 29.4 Å². The lowest BCUT2D eigenvalue weighted by Gasteiger charge is -2.25. The van der Waals surface area contributed by atoms with E-state index in [-0.39, 0.29) is 11.9 Å². The lowest BCUT2D eigenvalue weighted by Crippen LogP contribution is -2.31. The number of nitrogens with zero attached hydrogens (tertiary/aromatic N) is 1. The molecule has 0 unspecified atom stereocenters. The van der Waals surface area contributed by atoms with Gasteiger partial charge in [-0.25, -0.2) is 0 Å². The summed E-state index contributed by atoms with van der Waals surface area (Å²) in [5, 5.41) is 1.14. The molecule has 0 bridgehead atoms. The molecule has 3 aromatic rings. The molecule has 1 aliphatic heterocycles. The number of aromatic nitrogens is 1. The van der Waals surface area contributed by atoms with E-state index in [0.29, 0.717) is 6.42 Å². The number of methoxy groups -OCH3 is 1. The first kappa shape index (κ1) is 15.8. The van der Waals surface area contributed by atoms with Gasteiger partial charge in [0.1, 0.15) is 5.75 Å². The van der Waals surface area contributed by atoms with E-state index in [0.717, 1.165) is 41.6 Å². The molecule has 1 aliphatic rings. The number of hydrogen-bond acceptors (Lipinski definition) is 2. The molecule has 0 aliphatic carbocycles. The van der Waals surface area contributed by atoms with Crippen molar-refractivity contribution < 1.29 is 9.53 Å². The minimum absolute atomic E-state index is 0.170. The molecular formula is C21H22N2O2. The third-order valence-corrected chi connectivity index (χ3v) is 5.09. The molecule has 1 saturated heterocycles. The lowest BCUT2D eigenvalue weighted by atomic mass is 10.0. The predicted molar refractivity (Wildman–Crippen MR) is 98.7 cm³/mol. The van der Waals surface area contributed by atoms with Crippen molar-refractivity contribution in [3.63, 3.8) is 0 Å². The van der Waals surface area contributed by atoms with Crippen LogP contribution in [-0.2, 0) is 11.2 Å². The van der Waals surface area contributed by atoms with Gasteiger partial charge < -0.3 is 14.6 Å². The summed E-state index contributed by atoms with van der Waals surface area (Å²) in [6.45, 7) is 0.831. The van der Waals surface area contributed by atoms with E-state index in [2.05, 4.69) is 23.2 Å². The van der Waals surface area contributed by atoms with Gasteiger partial charge in [0, 0.05) is 23.6 Å². The number of fused-ring (bicyclic) bond motifs is 1. The highest BCUT2D eigenvalue weighted by atomic mass is 16.5. The van der Waals surface area contributed by atoms with Gasteiger partial charge >= 0.3 is 0 Å². The minimum atomic E-state index is 0.170. The molecule has 0 saturated carbocycles. The van der Waals surface area contributed by atoms with Crippen LogP contribution in [0.25, 0.3) is 10.9 Å². The second kappa shape index (κ2) is 6.63. The van der Waals surface area contributed by atoms with Gasteiger partial charge in [-0.2, -0.15) is 0 Å². The Labute approximate surface area is 147 Å². The van der Waals surface area contributed by atoms with E-state index >= 15 is 0 Å². The molecular weight excluding hydrogens is 312 g/mol. The lowest BCUT2D eigenvalue weighted by molar-refractivity contribution is -0.131. The van der Waals surface area contributed by atoms with Gasteiger partial charge in [0.2, 0.25) is 5.91 Å². The van der Waals surface area contributed by atoms with Crippen LogP contribution in [0.2, 0.25) is 0 Å². The SMILES string of the molecule is COc1ccc([C@@H]2CCCN2C(=O)Cc2c[nH]c3ccccc23)cc1. The van der Waals surface area contributed by atoms with Gasteiger partial charge in [-0.3, -0.25) is 4.79 Å². The average molecular weight is 334 g/mol. The molecule has 1 N–H and O–H groups in total. The topological polar surface area (TPSA) is 45.3 Å². The molecule has 4 heteroatoms. The summed E-state index contributed by atoms with van der Waals surface area (Å²) in [7, 11) is 1.67. The van der Waals surface area contributed by atoms with Gasteiger partial charge in [-0.05, 0) is 42.2 Å². The van der Waals surface area contributed by atoms with Gasteiger partial charge in [0.15, 0.2) is 0 Å². The third-order valence-electron chi connectivity index (χ3n) is 5.09. The molecule has 128 valence electrons. The summed E-state index contributed by atoms with van der Waals surface area (Å²) < 4.78 is 5.23. The number of carbonyl (C=O) groups is 1. The summed E-state index contributed by atoms with van der Waals surface area (Å²) in [5.74, 6) is 1.04. The smallest absolute Gasteiger partial charge is 0.227 e. The number of para-hydroxylation sites is 1. The number of ether oxygens (including phenoxy) is 1. The highest BCUT2D eigenvalue weighted by Gasteiger charge is 2.30. The van der Waals surface area contributed by atoms with E-state index in [1.165, 1.54) is 5.56 Å². The Hall–Kier alpha value is -2.75. The van der Waals surface area contributed by atoms with Crippen LogP contribution >= 0.6 is 0 Å². The van der Waals surface area contributed by atoms with Crippen molar-refractivity contribution in [2.24, 2.45) is 0 Å². The van der Waals surface area contributed by atoms with E-state index in [1.807, 2.05) is 41.4 Å². The summed E-state index contributed by atoms with van der Waals surface area (Å²) >= 11 is 0. The second-order valence-corrected chi connectivity index (χ2v) is 6.55. The van der Waals surface area contributed by atoms with E-state index < -0.39 is 0 Å². The number of aromatic amines is 1. The number of rotatable bonds is 4. The minimum Gasteiger partial charge on any atom is -0.497 e. The fourth-order valence-corrected chi connectivity index (χ4v) is 3.78. The first-order valence-corrected chi connectivity index (χ1v) is 8.74. The van der Waals surface area contributed by atoms with Crippen molar-refractivity contribution >= 4 is 16.8 Å². The van der Waals surface area contributed by atoms with Crippen molar-refractivity contribution in [1.29, 1.82) is 0 Å². The van der Waals surface area contributed by atoms with E-state index in [1.54, 1.807) is 7.11 Å². The summed E-state index contributed by atoms with van der Waals surface area (Å²) in [4.78, 5) is 18.2. The number of nitrogens with one attached hydrogen (secondary N) is 1. The largest absolute Gasteiger partial charge is 0.497 e. The standard InChI is InChI=1S/C21H22N2O2/c1-25-17-10-8-15(9-11-17)20-7-4-12-23(20)21(24)13-16-14-22-19-6-3-2-5-18(16)19/h2-3,5-6,8-11,14,20,22H,4,7,12-13H2,1H3/t20-/m0/s1. The van der Waals surface area contributed by atoms with Gasteiger partial charge in [-0.1, -0.05) is 30.3 Å².